The van der Waals surface area contributed by atoms with Crippen LogP contribution in [-0.2, 0) is 4.79 Å². The van der Waals surface area contributed by atoms with Gasteiger partial charge in [0.25, 0.3) is 0 Å². The van der Waals surface area contributed by atoms with Gasteiger partial charge in [0.15, 0.2) is 5.96 Å². The normalized spacial score (nSPS) is 10.7. The number of nitrogens with one attached hydrogen (secondary N) is 3. The molecule has 1 aromatic rings. The van der Waals surface area contributed by atoms with Crippen LogP contribution in [0, 0.1) is 6.92 Å². The summed E-state index contributed by atoms with van der Waals surface area (Å²) >= 11 is 0. The Morgan fingerprint density at radius 3 is 2.58 bits per heavy atom. The highest BCUT2D eigenvalue weighted by atomic mass is 127. The quantitative estimate of drug-likeness (QED) is 0.235. The van der Waals surface area contributed by atoms with Gasteiger partial charge in [0, 0.05) is 32.3 Å². The van der Waals surface area contributed by atoms with Crippen LogP contribution in [0.4, 0.5) is 5.82 Å². The van der Waals surface area contributed by atoms with Crippen LogP contribution in [0.25, 0.3) is 0 Å². The van der Waals surface area contributed by atoms with Crippen molar-refractivity contribution in [3.8, 4) is 0 Å². The molecule has 0 aliphatic carbocycles. The third kappa shape index (κ3) is 10.4. The first-order valence-corrected chi connectivity index (χ1v) is 8.33. The summed E-state index contributed by atoms with van der Waals surface area (Å²) in [7, 11) is 1.73. The minimum absolute atomic E-state index is 0. The van der Waals surface area contributed by atoms with Crippen molar-refractivity contribution in [2.24, 2.45) is 4.99 Å². The number of rotatable bonds is 9. The Bertz CT molecular complexity index is 508. The molecule has 0 aliphatic rings. The number of unbranched alkanes of at least 4 members (excludes halogenated alkanes) is 3. The van der Waals surface area contributed by atoms with E-state index in [1.54, 1.807) is 13.1 Å². The Morgan fingerprint density at radius 1 is 1.17 bits per heavy atom. The molecule has 0 radical (unpaired) electrons. The van der Waals surface area contributed by atoms with Gasteiger partial charge >= 0.3 is 0 Å². The van der Waals surface area contributed by atoms with Crippen molar-refractivity contribution in [2.45, 2.75) is 46.0 Å². The Morgan fingerprint density at radius 2 is 1.92 bits per heavy atom. The molecular weight excluding hydrogens is 417 g/mol. The summed E-state index contributed by atoms with van der Waals surface area (Å²) < 4.78 is 0. The van der Waals surface area contributed by atoms with Crippen LogP contribution in [0.5, 0.6) is 0 Å². The van der Waals surface area contributed by atoms with Crippen molar-refractivity contribution in [2.75, 3.05) is 25.5 Å². The van der Waals surface area contributed by atoms with Crippen LogP contribution < -0.4 is 16.0 Å². The molecule has 0 spiro atoms. The van der Waals surface area contributed by atoms with Crippen molar-refractivity contribution < 1.29 is 4.79 Å². The number of aromatic nitrogens is 1. The van der Waals surface area contributed by atoms with E-state index < -0.39 is 0 Å². The van der Waals surface area contributed by atoms with Crippen LogP contribution in [0.2, 0.25) is 0 Å². The highest BCUT2D eigenvalue weighted by Crippen LogP contribution is 2.03. The van der Waals surface area contributed by atoms with Crippen LogP contribution in [0.15, 0.2) is 23.2 Å². The standard InChI is InChI=1S/C17H29N5O.HI/c1-4-5-6-7-12-19-17(18-3)20-13-11-16(23)22-15-10-8-9-14(2)21-15;/h8-10H,4-7,11-13H2,1-3H3,(H2,18,19,20)(H,21,22,23);1H. The molecule has 1 heterocycles. The summed E-state index contributed by atoms with van der Waals surface area (Å²) in [5.74, 6) is 1.27. The van der Waals surface area contributed by atoms with E-state index in [0.717, 1.165) is 24.6 Å². The van der Waals surface area contributed by atoms with Gasteiger partial charge in [0.05, 0.1) is 0 Å². The number of guanidine groups is 1. The Hall–Kier alpha value is -1.38. The van der Waals surface area contributed by atoms with Gasteiger partial charge in [0.2, 0.25) is 5.91 Å². The van der Waals surface area contributed by atoms with Crippen LogP contribution >= 0.6 is 24.0 Å². The maximum atomic E-state index is 11.9. The molecule has 136 valence electrons. The second-order valence-electron chi connectivity index (χ2n) is 5.45. The topological polar surface area (TPSA) is 78.4 Å². The third-order valence-electron chi connectivity index (χ3n) is 3.35. The first-order valence-electron chi connectivity index (χ1n) is 8.33. The van der Waals surface area contributed by atoms with Crippen LogP contribution in [0.3, 0.4) is 0 Å². The van der Waals surface area contributed by atoms with Crippen molar-refractivity contribution in [3.63, 3.8) is 0 Å². The molecule has 0 fully saturated rings. The molecule has 0 saturated carbocycles. The van der Waals surface area contributed by atoms with Gasteiger partial charge in [-0.1, -0.05) is 32.3 Å². The number of carbonyl (C=O) groups excluding carboxylic acids is 1. The lowest BCUT2D eigenvalue weighted by Crippen LogP contribution is -2.39. The number of carbonyl (C=O) groups is 1. The van der Waals surface area contributed by atoms with Crippen molar-refractivity contribution >= 4 is 41.7 Å². The predicted octanol–water partition coefficient (Wildman–Crippen LogP) is 3.08. The Labute approximate surface area is 162 Å². The van der Waals surface area contributed by atoms with E-state index in [1.807, 2.05) is 19.1 Å². The van der Waals surface area contributed by atoms with Crippen molar-refractivity contribution in [3.05, 3.63) is 23.9 Å². The fourth-order valence-electron chi connectivity index (χ4n) is 2.09. The lowest BCUT2D eigenvalue weighted by molar-refractivity contribution is -0.116. The molecule has 1 rings (SSSR count). The second-order valence-corrected chi connectivity index (χ2v) is 5.45. The van der Waals surface area contributed by atoms with Gasteiger partial charge in [-0.3, -0.25) is 9.79 Å². The molecule has 0 aromatic carbocycles. The molecule has 7 heteroatoms. The second kappa shape index (κ2) is 14.0. The molecule has 1 aromatic heterocycles. The largest absolute Gasteiger partial charge is 0.356 e. The average molecular weight is 447 g/mol. The van der Waals surface area contributed by atoms with Gasteiger partial charge in [-0.15, -0.1) is 24.0 Å². The highest BCUT2D eigenvalue weighted by Gasteiger charge is 2.04. The lowest BCUT2D eigenvalue weighted by Gasteiger charge is -2.11. The molecule has 0 aliphatic heterocycles. The van der Waals surface area contributed by atoms with Gasteiger partial charge in [-0.25, -0.2) is 4.98 Å². The number of aryl methyl sites for hydroxylation is 1. The maximum absolute atomic E-state index is 11.9. The van der Waals surface area contributed by atoms with Gasteiger partial charge in [-0.2, -0.15) is 0 Å². The smallest absolute Gasteiger partial charge is 0.227 e. The van der Waals surface area contributed by atoms with Crippen molar-refractivity contribution in [1.82, 2.24) is 15.6 Å². The summed E-state index contributed by atoms with van der Waals surface area (Å²) in [5.41, 5.74) is 0.883. The minimum atomic E-state index is -0.0611. The molecule has 24 heavy (non-hydrogen) atoms. The van der Waals surface area contributed by atoms with E-state index in [-0.39, 0.29) is 29.9 Å². The lowest BCUT2D eigenvalue weighted by atomic mass is 10.2. The van der Waals surface area contributed by atoms with E-state index in [1.165, 1.54) is 19.3 Å². The predicted molar refractivity (Wildman–Crippen MR) is 111 cm³/mol. The van der Waals surface area contributed by atoms with Crippen LogP contribution in [-0.4, -0.2) is 37.0 Å². The zero-order valence-electron chi connectivity index (χ0n) is 14.9. The molecule has 3 N–H and O–H groups in total. The van der Waals surface area contributed by atoms with E-state index >= 15 is 0 Å². The maximum Gasteiger partial charge on any atom is 0.227 e. The summed E-state index contributed by atoms with van der Waals surface area (Å²) in [6.07, 6.45) is 5.23. The molecule has 0 bridgehead atoms. The number of aliphatic imine (C=N–C) groups is 1. The summed E-state index contributed by atoms with van der Waals surface area (Å²) in [4.78, 5) is 20.3. The van der Waals surface area contributed by atoms with E-state index in [0.29, 0.717) is 18.8 Å². The number of nitrogens with zero attached hydrogens (tertiary/aromatic N) is 2. The molecular formula is C17H30IN5O. The highest BCUT2D eigenvalue weighted by molar-refractivity contribution is 14.0. The molecule has 0 unspecified atom stereocenters. The number of pyridine rings is 1. The van der Waals surface area contributed by atoms with E-state index in [4.69, 9.17) is 0 Å². The van der Waals surface area contributed by atoms with Crippen molar-refractivity contribution in [1.29, 1.82) is 0 Å². The first kappa shape index (κ1) is 22.6. The number of anilines is 1. The summed E-state index contributed by atoms with van der Waals surface area (Å²) in [5, 5.41) is 9.19. The van der Waals surface area contributed by atoms with E-state index in [2.05, 4.69) is 32.9 Å². The zero-order valence-corrected chi connectivity index (χ0v) is 17.2. The van der Waals surface area contributed by atoms with Gasteiger partial charge in [0.1, 0.15) is 5.82 Å². The average Bonchev–Trinajstić information content (AvgIpc) is 2.53. The number of hydrogen-bond acceptors (Lipinski definition) is 3. The monoisotopic (exact) mass is 447 g/mol. The third-order valence-corrected chi connectivity index (χ3v) is 3.35. The molecule has 1 amide bonds. The SMILES string of the molecule is CCCCCCNC(=NC)NCCC(=O)Nc1cccc(C)n1.I. The first-order chi connectivity index (χ1) is 11.2. The number of hydrogen-bond donors (Lipinski definition) is 3. The fourth-order valence-corrected chi connectivity index (χ4v) is 2.09. The minimum Gasteiger partial charge on any atom is -0.356 e. The van der Waals surface area contributed by atoms with E-state index in [9.17, 15) is 4.79 Å². The van der Waals surface area contributed by atoms with Gasteiger partial charge < -0.3 is 16.0 Å². The van der Waals surface area contributed by atoms with Gasteiger partial charge in [-0.05, 0) is 25.5 Å². The zero-order chi connectivity index (χ0) is 16.9. The Balaban J connectivity index is 0.00000529. The summed E-state index contributed by atoms with van der Waals surface area (Å²) in [6, 6.07) is 5.56. The molecule has 0 atom stereocenters. The Kier molecular flexibility index (Phi) is 13.2. The number of halogens is 1. The molecule has 6 nitrogen and oxygen atoms in total. The molecule has 0 saturated heterocycles. The fraction of sp³-hybridized carbons (Fsp3) is 0.588. The summed E-state index contributed by atoms with van der Waals surface area (Å²) in [6.45, 7) is 5.53. The number of amides is 1. The van der Waals surface area contributed by atoms with Crippen LogP contribution in [0.1, 0.15) is 44.7 Å².